The number of anilines is 1. The lowest BCUT2D eigenvalue weighted by atomic mass is 10.0. The second kappa shape index (κ2) is 5.77. The molecule has 0 aliphatic carbocycles. The fourth-order valence-electron chi connectivity index (χ4n) is 1.52. The molecule has 0 fully saturated rings. The van der Waals surface area contributed by atoms with Crippen LogP contribution in [0.4, 0.5) is 18.9 Å². The van der Waals surface area contributed by atoms with Crippen LogP contribution >= 0.6 is 0 Å². The van der Waals surface area contributed by atoms with Gasteiger partial charge in [-0.05, 0) is 30.7 Å². The first-order chi connectivity index (χ1) is 8.75. The average Bonchev–Trinajstić information content (AvgIpc) is 2.34. The molecule has 1 N–H and O–H groups in total. The van der Waals surface area contributed by atoms with Gasteiger partial charge >= 0.3 is 12.1 Å². The van der Waals surface area contributed by atoms with Crippen molar-refractivity contribution in [2.75, 3.05) is 18.5 Å². The van der Waals surface area contributed by atoms with E-state index in [-0.39, 0.29) is 5.56 Å². The van der Waals surface area contributed by atoms with Gasteiger partial charge in [0.25, 0.3) is 0 Å². The van der Waals surface area contributed by atoms with Gasteiger partial charge in [-0.3, -0.25) is 0 Å². The zero-order valence-corrected chi connectivity index (χ0v) is 10.5. The van der Waals surface area contributed by atoms with E-state index in [2.05, 4.69) is 0 Å². The van der Waals surface area contributed by atoms with E-state index in [9.17, 15) is 18.0 Å². The minimum absolute atomic E-state index is 0.164. The average molecular weight is 273 g/mol. The summed E-state index contributed by atoms with van der Waals surface area (Å²) < 4.78 is 38.8. The Morgan fingerprint density at radius 1 is 1.42 bits per heavy atom. The predicted molar refractivity (Wildman–Crippen MR) is 67.1 cm³/mol. The van der Waals surface area contributed by atoms with Gasteiger partial charge in [0.05, 0.1) is 5.56 Å². The highest BCUT2D eigenvalue weighted by atomic mass is 19.4. The lowest BCUT2D eigenvalue weighted by molar-refractivity contribution is -0.137. The van der Waals surface area contributed by atoms with Crippen LogP contribution in [0.3, 0.4) is 0 Å². The lowest BCUT2D eigenvalue weighted by Gasteiger charge is -2.19. The highest BCUT2D eigenvalue weighted by molar-refractivity contribution is 5.85. The fourth-order valence-corrected chi connectivity index (χ4v) is 1.52. The first kappa shape index (κ1) is 15.1. The second-order valence-electron chi connectivity index (χ2n) is 3.96. The van der Waals surface area contributed by atoms with Crippen LogP contribution in [0.1, 0.15) is 18.1 Å². The van der Waals surface area contributed by atoms with Crippen molar-refractivity contribution in [2.45, 2.75) is 13.1 Å². The van der Waals surface area contributed by atoms with E-state index >= 15 is 0 Å². The molecule has 0 radical (unpaired) electrons. The third-order valence-corrected chi connectivity index (χ3v) is 2.66. The maximum Gasteiger partial charge on any atom is 0.417 e. The number of hydrogen-bond acceptors (Lipinski definition) is 2. The molecular weight excluding hydrogens is 259 g/mol. The van der Waals surface area contributed by atoms with Crippen LogP contribution in [0, 0.1) is 0 Å². The molecule has 1 aromatic carbocycles. The SMILES string of the molecule is CCN(C)c1ccc(/C=C/C(=O)O)c(C(F)(F)F)c1. The Kier molecular flexibility index (Phi) is 4.58. The predicted octanol–water partition coefficient (Wildman–Crippen LogP) is 3.26. The van der Waals surface area contributed by atoms with Crippen LogP contribution in [0.15, 0.2) is 24.3 Å². The maximum atomic E-state index is 12.9. The van der Waals surface area contributed by atoms with E-state index in [1.807, 2.05) is 6.92 Å². The van der Waals surface area contributed by atoms with Crippen molar-refractivity contribution < 1.29 is 23.1 Å². The quantitative estimate of drug-likeness (QED) is 0.856. The molecule has 0 heterocycles. The highest BCUT2D eigenvalue weighted by Crippen LogP contribution is 2.35. The summed E-state index contributed by atoms with van der Waals surface area (Å²) in [4.78, 5) is 12.0. The zero-order valence-electron chi connectivity index (χ0n) is 10.5. The maximum absolute atomic E-state index is 12.9. The standard InChI is InChI=1S/C13H14F3NO2/c1-3-17(2)10-6-4-9(5-7-12(18)19)11(8-10)13(14,15)16/h4-8H,3H2,1-2H3,(H,18,19)/b7-5+. The summed E-state index contributed by atoms with van der Waals surface area (Å²) in [5.74, 6) is -1.29. The normalized spacial score (nSPS) is 11.8. The minimum atomic E-state index is -4.53. The van der Waals surface area contributed by atoms with Crippen LogP contribution in [0.25, 0.3) is 6.08 Å². The van der Waals surface area contributed by atoms with Crippen molar-refractivity contribution in [3.8, 4) is 0 Å². The number of carbonyl (C=O) groups is 1. The first-order valence-electron chi connectivity index (χ1n) is 5.59. The highest BCUT2D eigenvalue weighted by Gasteiger charge is 2.33. The van der Waals surface area contributed by atoms with E-state index < -0.39 is 17.7 Å². The van der Waals surface area contributed by atoms with Gasteiger partial charge in [0.2, 0.25) is 0 Å². The summed E-state index contributed by atoms with van der Waals surface area (Å²) in [6.07, 6.45) is -2.89. The molecule has 0 saturated heterocycles. The Balaban J connectivity index is 3.29. The zero-order chi connectivity index (χ0) is 14.6. The molecule has 0 amide bonds. The molecule has 3 nitrogen and oxygen atoms in total. The monoisotopic (exact) mass is 273 g/mol. The number of alkyl halides is 3. The molecule has 0 bridgehead atoms. The molecule has 0 aromatic heterocycles. The van der Waals surface area contributed by atoms with Crippen molar-refractivity contribution in [1.29, 1.82) is 0 Å². The Morgan fingerprint density at radius 2 is 2.05 bits per heavy atom. The number of benzene rings is 1. The van der Waals surface area contributed by atoms with Crippen LogP contribution < -0.4 is 4.90 Å². The van der Waals surface area contributed by atoms with Gasteiger partial charge < -0.3 is 10.0 Å². The summed E-state index contributed by atoms with van der Waals surface area (Å²) >= 11 is 0. The number of halogens is 3. The molecule has 104 valence electrons. The van der Waals surface area contributed by atoms with E-state index in [0.717, 1.165) is 12.1 Å². The summed E-state index contributed by atoms with van der Waals surface area (Å²) in [5, 5.41) is 8.47. The molecule has 0 spiro atoms. The van der Waals surface area contributed by atoms with Gasteiger partial charge in [0, 0.05) is 25.4 Å². The number of aliphatic carboxylic acids is 1. The summed E-state index contributed by atoms with van der Waals surface area (Å²) in [7, 11) is 1.68. The molecule has 1 aromatic rings. The van der Waals surface area contributed by atoms with Gasteiger partial charge in [0.15, 0.2) is 0 Å². The molecule has 0 aliphatic rings. The number of rotatable bonds is 4. The number of carboxylic acids is 1. The second-order valence-corrected chi connectivity index (χ2v) is 3.96. The van der Waals surface area contributed by atoms with E-state index in [1.54, 1.807) is 11.9 Å². The van der Waals surface area contributed by atoms with Gasteiger partial charge in [-0.15, -0.1) is 0 Å². The van der Waals surface area contributed by atoms with Crippen molar-refractivity contribution in [3.63, 3.8) is 0 Å². The molecule has 0 unspecified atom stereocenters. The summed E-state index contributed by atoms with van der Waals surface area (Å²) in [5.41, 5.74) is -0.576. The van der Waals surface area contributed by atoms with Gasteiger partial charge in [-0.2, -0.15) is 13.2 Å². The Bertz CT molecular complexity index is 495. The number of carboxylic acid groups (broad SMARTS) is 1. The topological polar surface area (TPSA) is 40.5 Å². The van der Waals surface area contributed by atoms with Crippen LogP contribution in [0.5, 0.6) is 0 Å². The van der Waals surface area contributed by atoms with E-state index in [0.29, 0.717) is 18.3 Å². The van der Waals surface area contributed by atoms with Crippen LogP contribution in [-0.2, 0) is 11.0 Å². The Hall–Kier alpha value is -1.98. The molecule has 19 heavy (non-hydrogen) atoms. The first-order valence-corrected chi connectivity index (χ1v) is 5.59. The third kappa shape index (κ3) is 4.01. The Morgan fingerprint density at radius 3 is 2.53 bits per heavy atom. The van der Waals surface area contributed by atoms with Gasteiger partial charge in [-0.25, -0.2) is 4.79 Å². The fraction of sp³-hybridized carbons (Fsp3) is 0.308. The largest absolute Gasteiger partial charge is 0.478 e. The minimum Gasteiger partial charge on any atom is -0.478 e. The van der Waals surface area contributed by atoms with Crippen molar-refractivity contribution in [1.82, 2.24) is 0 Å². The van der Waals surface area contributed by atoms with Gasteiger partial charge in [-0.1, -0.05) is 6.07 Å². The Labute approximate surface area is 109 Å². The van der Waals surface area contributed by atoms with E-state index in [4.69, 9.17) is 5.11 Å². The van der Waals surface area contributed by atoms with E-state index in [1.165, 1.54) is 12.1 Å². The van der Waals surface area contributed by atoms with Crippen molar-refractivity contribution >= 4 is 17.7 Å². The smallest absolute Gasteiger partial charge is 0.417 e. The molecule has 6 heteroatoms. The van der Waals surface area contributed by atoms with Crippen molar-refractivity contribution in [2.24, 2.45) is 0 Å². The summed E-state index contributed by atoms with van der Waals surface area (Å²) in [6.45, 7) is 2.40. The van der Waals surface area contributed by atoms with Crippen LogP contribution in [0.2, 0.25) is 0 Å². The number of nitrogens with zero attached hydrogens (tertiary/aromatic N) is 1. The van der Waals surface area contributed by atoms with Crippen LogP contribution in [-0.4, -0.2) is 24.7 Å². The molecular formula is C13H14F3NO2. The van der Waals surface area contributed by atoms with Gasteiger partial charge in [0.1, 0.15) is 0 Å². The molecule has 0 saturated carbocycles. The summed E-state index contributed by atoms with van der Waals surface area (Å²) in [6, 6.07) is 3.81. The third-order valence-electron chi connectivity index (χ3n) is 2.66. The molecule has 0 aliphatic heterocycles. The van der Waals surface area contributed by atoms with Crippen molar-refractivity contribution in [3.05, 3.63) is 35.4 Å². The molecule has 1 rings (SSSR count). The lowest BCUT2D eigenvalue weighted by Crippen LogP contribution is -2.17. The molecule has 0 atom stereocenters. The number of hydrogen-bond donors (Lipinski definition) is 1.